The Labute approximate surface area is 557 Å². The second-order valence-electron chi connectivity index (χ2n) is 24.9. The maximum Gasteiger partial charge on any atom is 0.294 e. The molecule has 5 aromatic rings. The molecule has 26 heteroatoms. The van der Waals surface area contributed by atoms with Crippen molar-refractivity contribution in [3.63, 3.8) is 0 Å². The zero-order chi connectivity index (χ0) is 69.4. The second kappa shape index (κ2) is 36.8. The number of ether oxygens (including phenoxy) is 1. The smallest absolute Gasteiger partial charge is 0.294 e. The van der Waals surface area contributed by atoms with Gasteiger partial charge in [-0.05, 0) is 174 Å². The van der Waals surface area contributed by atoms with Crippen LogP contribution in [0.3, 0.4) is 0 Å². The van der Waals surface area contributed by atoms with Crippen molar-refractivity contribution < 1.29 is 69.3 Å². The number of hydrogen-bond donors (Lipinski definition) is 10. The van der Waals surface area contributed by atoms with Crippen molar-refractivity contribution >= 4 is 72.4 Å². The van der Waals surface area contributed by atoms with Gasteiger partial charge < -0.3 is 57.7 Å². The molecule has 3 saturated heterocycles. The molecule has 3 fully saturated rings. The zero-order valence-corrected chi connectivity index (χ0v) is 56.6. The average molecular weight is 1350 g/mol. The van der Waals surface area contributed by atoms with Crippen LogP contribution in [0.1, 0.15) is 144 Å². The van der Waals surface area contributed by atoms with E-state index in [0.717, 1.165) is 46.1 Å². The minimum Gasteiger partial charge on any atom is -0.508 e. The monoisotopic (exact) mass is 1350 g/mol. The zero-order valence-electron chi connectivity index (χ0n) is 55.0. The van der Waals surface area contributed by atoms with E-state index in [9.17, 15) is 55.5 Å². The van der Waals surface area contributed by atoms with Gasteiger partial charge in [-0.2, -0.15) is 16.8 Å². The minimum absolute atomic E-state index is 0.0666. The molecule has 7 amide bonds. The molecule has 0 radical (unpaired) electrons. The number of phenolic OH excluding ortho intramolecular Hbond substituents is 1. The summed E-state index contributed by atoms with van der Waals surface area (Å²) in [6, 6.07) is 22.5. The van der Waals surface area contributed by atoms with E-state index >= 15 is 0 Å². The molecule has 0 bridgehead atoms. The topological polar surface area (TPSA) is 376 Å². The number of benzene rings is 5. The summed E-state index contributed by atoms with van der Waals surface area (Å²) in [7, 11) is -8.04. The predicted octanol–water partition coefficient (Wildman–Crippen LogP) is 6.57. The molecule has 0 aliphatic carbocycles. The number of amides is 7. The largest absolute Gasteiger partial charge is 0.508 e. The van der Waals surface area contributed by atoms with Crippen LogP contribution in [0.5, 0.6) is 11.5 Å². The number of carbonyl (C=O) groups excluding carboxylic acids is 7. The van der Waals surface area contributed by atoms with Crippen LogP contribution in [-0.2, 0) is 55.4 Å². The highest BCUT2D eigenvalue weighted by molar-refractivity contribution is 7.86. The Morgan fingerprint density at radius 2 is 1.26 bits per heavy atom. The Balaban J connectivity index is 0.000000544. The lowest BCUT2D eigenvalue weighted by Crippen LogP contribution is -2.60. The van der Waals surface area contributed by atoms with Crippen LogP contribution in [0.4, 0.5) is 0 Å². The number of aromatic hydroxyl groups is 1. The molecule has 95 heavy (non-hydrogen) atoms. The van der Waals surface area contributed by atoms with Crippen LogP contribution < -0.4 is 42.8 Å². The van der Waals surface area contributed by atoms with E-state index in [0.29, 0.717) is 50.8 Å². The summed E-state index contributed by atoms with van der Waals surface area (Å²) in [5, 5.41) is 26.1. The highest BCUT2D eigenvalue weighted by Crippen LogP contribution is 2.26. The average Bonchev–Trinajstić information content (AvgIpc) is 1.80. The third-order valence-electron chi connectivity index (χ3n) is 16.9. The van der Waals surface area contributed by atoms with Crippen LogP contribution in [0, 0.1) is 19.8 Å². The molecular formula is C69H95N9O15S2. The number of rotatable bonds is 20. The van der Waals surface area contributed by atoms with Crippen molar-refractivity contribution in [3.8, 4) is 11.5 Å². The van der Waals surface area contributed by atoms with Gasteiger partial charge in [0, 0.05) is 31.2 Å². The molecule has 0 aromatic heterocycles. The SMILES string of the molecule is CCCCCCCCOc1ccc2cc(C(=O)N[C@H]3CCCNC(=O)[C@@H]4C[C@H](N)CN4C(=O)[C@H](CCCCN)NC(=O)[C@H](CCc4ccc(O)cc4)NC(=O)[C@@H]4CCCN4C(=O)[C@H](C(C)C)NC3=O)ccc2c1.Cc1ccc(S(=O)(=O)O)cc1.Cc1ccc(S(=O)(=O)O)cc1. The van der Waals surface area contributed by atoms with E-state index in [2.05, 4.69) is 33.5 Å². The normalized spacial score (nSPS) is 20.9. The van der Waals surface area contributed by atoms with E-state index < -0.39 is 110 Å². The number of carbonyl (C=O) groups is 7. The number of nitrogens with one attached hydrogen (secondary N) is 5. The Morgan fingerprint density at radius 3 is 1.88 bits per heavy atom. The first-order chi connectivity index (χ1) is 45.2. The number of fused-ring (bicyclic) bond motifs is 3. The van der Waals surface area contributed by atoms with Crippen LogP contribution in [0.2, 0.25) is 0 Å². The van der Waals surface area contributed by atoms with Crippen LogP contribution in [-0.4, -0.2) is 157 Å². The van der Waals surface area contributed by atoms with Gasteiger partial charge in [0.2, 0.25) is 35.4 Å². The lowest BCUT2D eigenvalue weighted by atomic mass is 10.00. The molecule has 0 saturated carbocycles. The predicted molar refractivity (Wildman–Crippen MR) is 361 cm³/mol. The maximum absolute atomic E-state index is 14.6. The number of nitrogens with two attached hydrogens (primary N) is 2. The minimum atomic E-state index is -4.02. The molecule has 24 nitrogen and oxygen atoms in total. The van der Waals surface area contributed by atoms with Gasteiger partial charge in [0.15, 0.2) is 0 Å². The van der Waals surface area contributed by atoms with Gasteiger partial charge in [0.1, 0.15) is 47.8 Å². The van der Waals surface area contributed by atoms with Crippen molar-refractivity contribution in [2.75, 3.05) is 32.8 Å². The molecule has 3 aliphatic heterocycles. The standard InChI is InChI=1S/C55H79N9O9.2C7H8O3S/c1-4-5-6-7-8-11-30-73-42-25-22-37-31-39(21-20-38(37)32-42)49(66)59-43-15-12-28-58-52(69)47-33-40(57)34-64(47)54(71)45(14-9-10-27-56)61-50(67)44(26-19-36-17-23-41(65)24-18-36)60-53(70)46-16-13-29-63(46)55(72)48(35(2)3)62-51(43)68;2*1-6-2-4-7(5-3-6)11(8,9)10/h17-18,20-25,31-32,35,40,43-48,65H,4-16,19,26-30,33-34,56-57H2,1-3H3,(H,58,69)(H,59,66)(H,60,70)(H,61,67)(H,62,68);2*2-5H,1H3,(H,8,9,10)/t40-,43-,44-,45-,46-,47-,48-;;/m0../s1. The van der Waals surface area contributed by atoms with Gasteiger partial charge in [-0.1, -0.05) is 113 Å². The molecule has 518 valence electrons. The molecular weight excluding hydrogens is 1260 g/mol. The van der Waals surface area contributed by atoms with Gasteiger partial charge in [-0.3, -0.25) is 42.7 Å². The molecule has 8 rings (SSSR count). The van der Waals surface area contributed by atoms with E-state index in [4.69, 9.17) is 25.3 Å². The summed E-state index contributed by atoms with van der Waals surface area (Å²) < 4.78 is 65.1. The maximum atomic E-state index is 14.6. The Morgan fingerprint density at radius 1 is 0.653 bits per heavy atom. The second-order valence-corrected chi connectivity index (χ2v) is 27.8. The van der Waals surface area contributed by atoms with Crippen LogP contribution in [0.25, 0.3) is 10.8 Å². The van der Waals surface area contributed by atoms with E-state index in [1.807, 2.05) is 38.1 Å². The van der Waals surface area contributed by atoms with Crippen molar-refractivity contribution in [1.82, 2.24) is 36.4 Å². The van der Waals surface area contributed by atoms with Crippen molar-refractivity contribution in [1.29, 1.82) is 0 Å². The molecule has 5 aromatic carbocycles. The molecule has 7 atom stereocenters. The lowest BCUT2D eigenvalue weighted by molar-refractivity contribution is -0.143. The van der Waals surface area contributed by atoms with Gasteiger partial charge in [-0.15, -0.1) is 0 Å². The highest BCUT2D eigenvalue weighted by atomic mass is 32.2. The first kappa shape index (κ1) is 76.0. The first-order valence-corrected chi connectivity index (χ1v) is 35.6. The highest BCUT2D eigenvalue weighted by Gasteiger charge is 2.43. The van der Waals surface area contributed by atoms with Crippen molar-refractivity contribution in [2.45, 2.75) is 189 Å². The molecule has 12 N–H and O–H groups in total. The van der Waals surface area contributed by atoms with Crippen molar-refractivity contribution in [3.05, 3.63) is 131 Å². The summed E-state index contributed by atoms with van der Waals surface area (Å²) in [6.45, 7) is 10.8. The third kappa shape index (κ3) is 23.7. The van der Waals surface area contributed by atoms with Gasteiger partial charge in [0.25, 0.3) is 26.1 Å². The number of nitrogens with zero attached hydrogens (tertiary/aromatic N) is 2. The van der Waals surface area contributed by atoms with Crippen molar-refractivity contribution in [2.24, 2.45) is 17.4 Å². The third-order valence-corrected chi connectivity index (χ3v) is 18.6. The first-order valence-electron chi connectivity index (χ1n) is 32.8. The van der Waals surface area contributed by atoms with E-state index in [-0.39, 0.29) is 67.3 Å². The van der Waals surface area contributed by atoms with E-state index in [1.165, 1.54) is 71.9 Å². The molecule has 0 unspecified atom stereocenters. The Bertz CT molecular complexity index is 3540. The fourth-order valence-corrected chi connectivity index (χ4v) is 12.4. The molecule has 3 heterocycles. The summed E-state index contributed by atoms with van der Waals surface area (Å²) in [5.74, 6) is -3.37. The van der Waals surface area contributed by atoms with E-state index in [1.54, 1.807) is 62.4 Å². The quantitative estimate of drug-likeness (QED) is 0.0291. The van der Waals surface area contributed by atoms with Gasteiger partial charge in [0.05, 0.1) is 16.4 Å². The fraction of sp³-hybridized carbons (Fsp3) is 0.493. The Hall–Kier alpha value is -8.01. The summed E-state index contributed by atoms with van der Waals surface area (Å²) >= 11 is 0. The fourth-order valence-electron chi connectivity index (χ4n) is 11.4. The lowest BCUT2D eigenvalue weighted by Gasteiger charge is -2.32. The summed E-state index contributed by atoms with van der Waals surface area (Å²) in [4.78, 5) is 103. The molecule has 3 aliphatic rings. The van der Waals surface area contributed by atoms with Gasteiger partial charge >= 0.3 is 0 Å². The summed E-state index contributed by atoms with van der Waals surface area (Å²) in [6.07, 6.45) is 9.95. The number of aryl methyl sites for hydroxylation is 3. The van der Waals surface area contributed by atoms with Gasteiger partial charge in [-0.25, -0.2) is 0 Å². The molecule has 0 spiro atoms. The Kier molecular flexibility index (Phi) is 29.4. The number of hydrogen-bond acceptors (Lipinski definition) is 15. The number of phenols is 1. The van der Waals surface area contributed by atoms with Crippen LogP contribution in [0.15, 0.2) is 119 Å². The summed E-state index contributed by atoms with van der Waals surface area (Å²) in [5.41, 5.74) is 15.2. The van der Waals surface area contributed by atoms with Crippen LogP contribution >= 0.6 is 0 Å². The number of unbranched alkanes of at least 4 members (excludes halogenated alkanes) is 6.